The number of aromatic hydroxyl groups is 1. The van der Waals surface area contributed by atoms with Gasteiger partial charge in [-0.3, -0.25) is 0 Å². The average Bonchev–Trinajstić information content (AvgIpc) is 2.83. The van der Waals surface area contributed by atoms with Gasteiger partial charge in [0.05, 0.1) is 16.7 Å². The van der Waals surface area contributed by atoms with Crippen LogP contribution in [0.15, 0.2) is 12.1 Å². The van der Waals surface area contributed by atoms with E-state index in [-0.39, 0.29) is 5.92 Å². The molecule has 1 atom stereocenters. The molecule has 1 aromatic rings. The molecule has 106 valence electrons. The molecular weight excluding hydrogens is 281 g/mol. The predicted molar refractivity (Wildman–Crippen MR) is 65.0 cm³/mol. The van der Waals surface area contributed by atoms with E-state index in [0.29, 0.717) is 12.8 Å². The maximum atomic E-state index is 13.0. The molecule has 0 spiro atoms. The van der Waals surface area contributed by atoms with E-state index in [1.807, 2.05) is 0 Å². The van der Waals surface area contributed by atoms with E-state index < -0.39 is 34.2 Å². The second-order valence-corrected chi connectivity index (χ2v) is 5.25. The Morgan fingerprint density at radius 1 is 1.21 bits per heavy atom. The fourth-order valence-electron chi connectivity index (χ4n) is 2.68. The van der Waals surface area contributed by atoms with Crippen LogP contribution in [0.25, 0.3) is 0 Å². The Kier molecular flexibility index (Phi) is 3.97. The maximum Gasteiger partial charge on any atom is 0.418 e. The monoisotopic (exact) mass is 294 g/mol. The number of aliphatic hydroxyl groups excluding tert-OH is 1. The zero-order chi connectivity index (χ0) is 14.2. The average molecular weight is 295 g/mol. The van der Waals surface area contributed by atoms with Crippen LogP contribution in [0.3, 0.4) is 0 Å². The summed E-state index contributed by atoms with van der Waals surface area (Å²) in [4.78, 5) is 0. The van der Waals surface area contributed by atoms with Crippen LogP contribution in [-0.2, 0) is 6.18 Å². The fraction of sp³-hybridized carbons (Fsp3) is 0.538. The number of rotatable bonds is 2. The minimum Gasteiger partial charge on any atom is -0.508 e. The third kappa shape index (κ3) is 2.82. The quantitative estimate of drug-likeness (QED) is 0.854. The van der Waals surface area contributed by atoms with Gasteiger partial charge >= 0.3 is 6.18 Å². The molecule has 19 heavy (non-hydrogen) atoms. The first kappa shape index (κ1) is 14.5. The molecule has 6 heteroatoms. The van der Waals surface area contributed by atoms with Crippen molar-refractivity contribution in [3.05, 3.63) is 28.3 Å². The van der Waals surface area contributed by atoms with Crippen LogP contribution >= 0.6 is 11.6 Å². The van der Waals surface area contributed by atoms with Crippen LogP contribution in [0, 0.1) is 5.92 Å². The van der Waals surface area contributed by atoms with Crippen LogP contribution in [-0.4, -0.2) is 10.2 Å². The largest absolute Gasteiger partial charge is 0.508 e. The Morgan fingerprint density at radius 3 is 2.32 bits per heavy atom. The first-order chi connectivity index (χ1) is 8.82. The summed E-state index contributed by atoms with van der Waals surface area (Å²) in [6.07, 6.45) is -2.97. The van der Waals surface area contributed by atoms with Crippen molar-refractivity contribution in [2.75, 3.05) is 0 Å². The summed E-state index contributed by atoms with van der Waals surface area (Å²) in [7, 11) is 0. The van der Waals surface area contributed by atoms with E-state index in [0.717, 1.165) is 25.0 Å². The smallest absolute Gasteiger partial charge is 0.418 e. The zero-order valence-electron chi connectivity index (χ0n) is 10.0. The second kappa shape index (κ2) is 5.21. The lowest BCUT2D eigenvalue weighted by Crippen LogP contribution is -2.17. The van der Waals surface area contributed by atoms with Crippen molar-refractivity contribution in [1.82, 2.24) is 0 Å². The second-order valence-electron chi connectivity index (χ2n) is 4.84. The summed E-state index contributed by atoms with van der Waals surface area (Å²) < 4.78 is 39.1. The summed E-state index contributed by atoms with van der Waals surface area (Å²) in [6.45, 7) is 0. The first-order valence-electron chi connectivity index (χ1n) is 6.09. The van der Waals surface area contributed by atoms with Crippen molar-refractivity contribution in [1.29, 1.82) is 0 Å². The van der Waals surface area contributed by atoms with E-state index >= 15 is 0 Å². The van der Waals surface area contributed by atoms with Gasteiger partial charge < -0.3 is 10.2 Å². The molecule has 2 nitrogen and oxygen atoms in total. The van der Waals surface area contributed by atoms with Crippen LogP contribution in [0.2, 0.25) is 5.02 Å². The Labute approximate surface area is 113 Å². The molecule has 2 rings (SSSR count). The van der Waals surface area contributed by atoms with Gasteiger partial charge in [0.2, 0.25) is 0 Å². The van der Waals surface area contributed by atoms with Crippen LogP contribution in [0.4, 0.5) is 13.2 Å². The van der Waals surface area contributed by atoms with Crippen LogP contribution < -0.4 is 0 Å². The van der Waals surface area contributed by atoms with Crippen molar-refractivity contribution in [3.8, 4) is 5.75 Å². The first-order valence-corrected chi connectivity index (χ1v) is 6.46. The molecule has 2 N–H and O–H groups in total. The Hall–Kier alpha value is -0.940. The highest BCUT2D eigenvalue weighted by Crippen LogP contribution is 2.47. The molecular formula is C13H14ClF3O2. The molecule has 1 aromatic carbocycles. The van der Waals surface area contributed by atoms with E-state index in [1.54, 1.807) is 0 Å². The van der Waals surface area contributed by atoms with Crippen molar-refractivity contribution in [2.45, 2.75) is 38.0 Å². The van der Waals surface area contributed by atoms with Crippen molar-refractivity contribution in [2.24, 2.45) is 5.92 Å². The van der Waals surface area contributed by atoms with E-state index in [2.05, 4.69) is 0 Å². The number of hydrogen-bond acceptors (Lipinski definition) is 2. The number of aliphatic hydroxyl groups is 1. The molecule has 1 unspecified atom stereocenters. The van der Waals surface area contributed by atoms with Crippen LogP contribution in [0.5, 0.6) is 5.75 Å². The number of hydrogen-bond donors (Lipinski definition) is 2. The van der Waals surface area contributed by atoms with Crippen molar-refractivity contribution < 1.29 is 23.4 Å². The van der Waals surface area contributed by atoms with E-state index in [9.17, 15) is 23.4 Å². The standard InChI is InChI=1S/C13H14ClF3O2/c14-8-5-6-9(18)10(11(8)13(15,16)17)12(19)7-3-1-2-4-7/h5-7,12,18-19H,1-4H2. The number of benzene rings is 1. The highest BCUT2D eigenvalue weighted by Gasteiger charge is 2.41. The lowest BCUT2D eigenvalue weighted by atomic mass is 9.90. The molecule has 0 aliphatic heterocycles. The zero-order valence-corrected chi connectivity index (χ0v) is 10.8. The minimum atomic E-state index is -4.70. The van der Waals surface area contributed by atoms with Gasteiger partial charge in [-0.25, -0.2) is 0 Å². The Morgan fingerprint density at radius 2 is 1.79 bits per heavy atom. The Balaban J connectivity index is 2.51. The summed E-state index contributed by atoms with van der Waals surface area (Å²) in [6, 6.07) is 2.08. The van der Waals surface area contributed by atoms with E-state index in [1.165, 1.54) is 0 Å². The lowest BCUT2D eigenvalue weighted by molar-refractivity contribution is -0.139. The van der Waals surface area contributed by atoms with Gasteiger partial charge in [-0.15, -0.1) is 0 Å². The highest BCUT2D eigenvalue weighted by atomic mass is 35.5. The molecule has 1 aliphatic rings. The molecule has 1 fully saturated rings. The topological polar surface area (TPSA) is 40.5 Å². The number of alkyl halides is 3. The van der Waals surface area contributed by atoms with Gasteiger partial charge in [-0.2, -0.15) is 13.2 Å². The molecule has 0 saturated heterocycles. The van der Waals surface area contributed by atoms with Gasteiger partial charge in [0.25, 0.3) is 0 Å². The molecule has 0 radical (unpaired) electrons. The van der Waals surface area contributed by atoms with Crippen molar-refractivity contribution in [3.63, 3.8) is 0 Å². The normalized spacial score (nSPS) is 18.8. The fourth-order valence-corrected chi connectivity index (χ4v) is 2.95. The van der Waals surface area contributed by atoms with Gasteiger partial charge in [0.1, 0.15) is 5.75 Å². The summed E-state index contributed by atoms with van der Waals surface area (Å²) in [5.74, 6) is -0.818. The molecule has 0 amide bonds. The molecule has 1 aliphatic carbocycles. The van der Waals surface area contributed by atoms with Gasteiger partial charge in [-0.05, 0) is 30.9 Å². The molecule has 0 heterocycles. The third-order valence-electron chi connectivity index (χ3n) is 3.60. The highest BCUT2D eigenvalue weighted by molar-refractivity contribution is 6.31. The maximum absolute atomic E-state index is 13.0. The molecule has 0 bridgehead atoms. The van der Waals surface area contributed by atoms with E-state index in [4.69, 9.17) is 11.6 Å². The molecule has 0 aromatic heterocycles. The SMILES string of the molecule is Oc1ccc(Cl)c(C(F)(F)F)c1C(O)C1CCCC1. The predicted octanol–water partition coefficient (Wildman–Crippen LogP) is 4.29. The third-order valence-corrected chi connectivity index (χ3v) is 3.91. The van der Waals surface area contributed by atoms with Gasteiger partial charge in [-0.1, -0.05) is 24.4 Å². The van der Waals surface area contributed by atoms with Gasteiger partial charge in [0.15, 0.2) is 0 Å². The molecule has 1 saturated carbocycles. The lowest BCUT2D eigenvalue weighted by Gasteiger charge is -2.23. The summed E-state index contributed by atoms with van der Waals surface area (Å²) in [5.41, 5.74) is -1.62. The van der Waals surface area contributed by atoms with Crippen LogP contribution in [0.1, 0.15) is 42.9 Å². The number of halogens is 4. The summed E-state index contributed by atoms with van der Waals surface area (Å²) in [5, 5.41) is 19.3. The Bertz CT molecular complexity index is 468. The van der Waals surface area contributed by atoms with Gasteiger partial charge in [0, 0.05) is 5.56 Å². The number of phenolic OH excluding ortho intramolecular Hbond substituents is 1. The van der Waals surface area contributed by atoms with Crippen molar-refractivity contribution >= 4 is 11.6 Å². The number of phenols is 1. The summed E-state index contributed by atoms with van der Waals surface area (Å²) >= 11 is 5.59. The minimum absolute atomic E-state index is 0.259.